The number of hydrogen-bond acceptors (Lipinski definition) is 3. The summed E-state index contributed by atoms with van der Waals surface area (Å²) >= 11 is 0. The van der Waals surface area contributed by atoms with Gasteiger partial charge in [0.15, 0.2) is 0 Å². The molecule has 138 valence electrons. The normalized spacial score (nSPS) is 22.0. The van der Waals surface area contributed by atoms with Crippen molar-refractivity contribution in [1.29, 1.82) is 0 Å². The largest absolute Gasteiger partial charge is 0.327 e. The number of carbonyl (C=O) groups is 2. The number of likely N-dealkylation sites (tertiary alicyclic amines) is 1. The first-order valence-electron chi connectivity index (χ1n) is 9.56. The maximum absolute atomic E-state index is 13.2. The third-order valence-electron chi connectivity index (χ3n) is 5.46. The van der Waals surface area contributed by atoms with Gasteiger partial charge in [0.2, 0.25) is 0 Å². The monoisotopic (exact) mass is 337 g/mol. The Morgan fingerprint density at radius 1 is 0.958 bits per heavy atom. The van der Waals surface area contributed by atoms with Crippen molar-refractivity contribution in [3.63, 3.8) is 0 Å². The van der Waals surface area contributed by atoms with Gasteiger partial charge in [0, 0.05) is 32.2 Å². The summed E-state index contributed by atoms with van der Waals surface area (Å²) in [5.41, 5.74) is -0.591. The molecule has 0 aromatic rings. The van der Waals surface area contributed by atoms with Gasteiger partial charge in [0.1, 0.15) is 5.54 Å². The van der Waals surface area contributed by atoms with Crippen LogP contribution in [-0.4, -0.2) is 64.4 Å². The number of imide groups is 1. The van der Waals surface area contributed by atoms with E-state index in [9.17, 15) is 9.59 Å². The molecular formula is C19H35N3O2. The van der Waals surface area contributed by atoms with Crippen molar-refractivity contribution in [2.24, 2.45) is 11.8 Å². The van der Waals surface area contributed by atoms with Crippen molar-refractivity contribution in [2.75, 3.05) is 26.2 Å². The van der Waals surface area contributed by atoms with Crippen molar-refractivity contribution < 1.29 is 9.59 Å². The van der Waals surface area contributed by atoms with Gasteiger partial charge < -0.3 is 9.80 Å². The fraction of sp³-hybridized carbons (Fsp3) is 0.895. The van der Waals surface area contributed by atoms with Gasteiger partial charge in [0.25, 0.3) is 5.91 Å². The molecule has 0 aromatic heterocycles. The standard InChI is InChI=1S/C19H35N3O2/c1-14(2)7-10-22-18(24)21(13-15(3)4)17(23)19(22)8-11-20(12-9-19)16(5)6/h14-16H,7-13H2,1-6H3. The summed E-state index contributed by atoms with van der Waals surface area (Å²) in [6, 6.07) is 0.429. The molecule has 2 aliphatic rings. The quantitative estimate of drug-likeness (QED) is 0.699. The molecule has 1 spiro atoms. The molecule has 3 amide bonds. The molecule has 0 N–H and O–H groups in total. The van der Waals surface area contributed by atoms with E-state index in [1.54, 1.807) is 0 Å². The highest BCUT2D eigenvalue weighted by molar-refractivity contribution is 6.07. The number of carbonyl (C=O) groups excluding carboxylic acids is 2. The maximum Gasteiger partial charge on any atom is 0.327 e. The van der Waals surface area contributed by atoms with E-state index >= 15 is 0 Å². The number of rotatable bonds is 6. The lowest BCUT2D eigenvalue weighted by Gasteiger charge is -2.43. The smallest absolute Gasteiger partial charge is 0.309 e. The van der Waals surface area contributed by atoms with Crippen LogP contribution in [0.5, 0.6) is 0 Å². The van der Waals surface area contributed by atoms with E-state index in [0.29, 0.717) is 31.0 Å². The zero-order valence-electron chi connectivity index (χ0n) is 16.3. The second-order valence-corrected chi connectivity index (χ2v) is 8.59. The lowest BCUT2D eigenvalue weighted by molar-refractivity contribution is -0.136. The Kier molecular flexibility index (Phi) is 5.95. The number of urea groups is 1. The molecule has 0 saturated carbocycles. The SMILES string of the molecule is CC(C)CCN1C(=O)N(CC(C)C)C(=O)C12CCN(C(C)C)CC2. The Hall–Kier alpha value is -1.10. The summed E-state index contributed by atoms with van der Waals surface area (Å²) in [6.45, 7) is 15.9. The second-order valence-electron chi connectivity index (χ2n) is 8.59. The molecule has 2 saturated heterocycles. The highest BCUT2D eigenvalue weighted by Gasteiger charge is 2.57. The molecule has 5 nitrogen and oxygen atoms in total. The minimum atomic E-state index is -0.591. The van der Waals surface area contributed by atoms with E-state index in [1.807, 2.05) is 4.90 Å². The Morgan fingerprint density at radius 2 is 1.54 bits per heavy atom. The third-order valence-corrected chi connectivity index (χ3v) is 5.46. The Morgan fingerprint density at radius 3 is 2.00 bits per heavy atom. The zero-order valence-corrected chi connectivity index (χ0v) is 16.3. The first kappa shape index (κ1) is 19.2. The summed E-state index contributed by atoms with van der Waals surface area (Å²) in [5, 5.41) is 0. The van der Waals surface area contributed by atoms with Crippen LogP contribution < -0.4 is 0 Å². The van der Waals surface area contributed by atoms with Crippen LogP contribution in [0.3, 0.4) is 0 Å². The highest BCUT2D eigenvalue weighted by atomic mass is 16.2. The number of hydrogen-bond donors (Lipinski definition) is 0. The third kappa shape index (κ3) is 3.61. The highest BCUT2D eigenvalue weighted by Crippen LogP contribution is 2.38. The molecular weight excluding hydrogens is 302 g/mol. The van der Waals surface area contributed by atoms with Gasteiger partial charge in [-0.25, -0.2) is 4.79 Å². The van der Waals surface area contributed by atoms with E-state index in [-0.39, 0.29) is 11.9 Å². The number of amides is 3. The van der Waals surface area contributed by atoms with Crippen LogP contribution in [0.15, 0.2) is 0 Å². The van der Waals surface area contributed by atoms with Gasteiger partial charge in [-0.15, -0.1) is 0 Å². The van der Waals surface area contributed by atoms with Gasteiger partial charge in [-0.05, 0) is 44.9 Å². The van der Waals surface area contributed by atoms with E-state index < -0.39 is 5.54 Å². The zero-order chi connectivity index (χ0) is 18.1. The topological polar surface area (TPSA) is 43.9 Å². The van der Waals surface area contributed by atoms with Crippen molar-refractivity contribution >= 4 is 11.9 Å². The molecule has 0 radical (unpaired) electrons. The van der Waals surface area contributed by atoms with Crippen LogP contribution in [0.2, 0.25) is 0 Å². The molecule has 24 heavy (non-hydrogen) atoms. The van der Waals surface area contributed by atoms with Crippen LogP contribution in [0, 0.1) is 11.8 Å². The lowest BCUT2D eigenvalue weighted by atomic mass is 9.85. The summed E-state index contributed by atoms with van der Waals surface area (Å²) in [7, 11) is 0. The summed E-state index contributed by atoms with van der Waals surface area (Å²) in [6.07, 6.45) is 2.48. The molecule has 0 unspecified atom stereocenters. The lowest BCUT2D eigenvalue weighted by Crippen LogP contribution is -2.57. The van der Waals surface area contributed by atoms with Gasteiger partial charge in [0.05, 0.1) is 0 Å². The summed E-state index contributed by atoms with van der Waals surface area (Å²) in [4.78, 5) is 32.0. The van der Waals surface area contributed by atoms with E-state index in [1.165, 1.54) is 4.90 Å². The van der Waals surface area contributed by atoms with E-state index in [4.69, 9.17) is 0 Å². The molecule has 2 rings (SSSR count). The molecule has 0 aromatic carbocycles. The van der Waals surface area contributed by atoms with E-state index in [2.05, 4.69) is 46.4 Å². The molecule has 0 aliphatic carbocycles. The molecule has 5 heteroatoms. The fourth-order valence-electron chi connectivity index (χ4n) is 3.90. The van der Waals surface area contributed by atoms with Gasteiger partial charge >= 0.3 is 6.03 Å². The second kappa shape index (κ2) is 7.42. The van der Waals surface area contributed by atoms with Crippen molar-refractivity contribution in [3.8, 4) is 0 Å². The average molecular weight is 338 g/mol. The number of nitrogens with zero attached hydrogens (tertiary/aromatic N) is 3. The Balaban J connectivity index is 2.24. The van der Waals surface area contributed by atoms with Gasteiger partial charge in [-0.1, -0.05) is 27.7 Å². The Bertz CT molecular complexity index is 465. The van der Waals surface area contributed by atoms with Crippen molar-refractivity contribution in [2.45, 2.75) is 72.4 Å². The summed E-state index contributed by atoms with van der Waals surface area (Å²) < 4.78 is 0. The average Bonchev–Trinajstić information content (AvgIpc) is 2.67. The van der Waals surface area contributed by atoms with Crippen molar-refractivity contribution in [3.05, 3.63) is 0 Å². The van der Waals surface area contributed by atoms with Crippen LogP contribution >= 0.6 is 0 Å². The molecule has 2 aliphatic heterocycles. The molecule has 2 fully saturated rings. The predicted molar refractivity (Wildman–Crippen MR) is 96.8 cm³/mol. The summed E-state index contributed by atoms with van der Waals surface area (Å²) in [5.74, 6) is 0.879. The van der Waals surface area contributed by atoms with Gasteiger partial charge in [-0.3, -0.25) is 9.69 Å². The molecule has 0 atom stereocenters. The first-order chi connectivity index (χ1) is 11.2. The van der Waals surface area contributed by atoms with E-state index in [0.717, 1.165) is 32.4 Å². The number of piperidine rings is 1. The van der Waals surface area contributed by atoms with Crippen LogP contribution in [-0.2, 0) is 4.79 Å². The van der Waals surface area contributed by atoms with Crippen LogP contribution in [0.1, 0.15) is 60.8 Å². The maximum atomic E-state index is 13.2. The first-order valence-corrected chi connectivity index (χ1v) is 9.56. The molecule has 2 heterocycles. The fourth-order valence-corrected chi connectivity index (χ4v) is 3.90. The Labute approximate surface area is 147 Å². The molecule has 0 bridgehead atoms. The van der Waals surface area contributed by atoms with Crippen LogP contribution in [0.25, 0.3) is 0 Å². The predicted octanol–water partition coefficient (Wildman–Crippen LogP) is 3.20. The minimum Gasteiger partial charge on any atom is -0.309 e. The van der Waals surface area contributed by atoms with Gasteiger partial charge in [-0.2, -0.15) is 0 Å². The van der Waals surface area contributed by atoms with Crippen LogP contribution in [0.4, 0.5) is 4.79 Å². The minimum absolute atomic E-state index is 0.0494. The van der Waals surface area contributed by atoms with Crippen molar-refractivity contribution in [1.82, 2.24) is 14.7 Å².